The number of hydrogen-bond acceptors (Lipinski definition) is 4. The van der Waals surface area contributed by atoms with Gasteiger partial charge in [-0.25, -0.2) is 0 Å². The van der Waals surface area contributed by atoms with Gasteiger partial charge in [0.15, 0.2) is 0 Å². The summed E-state index contributed by atoms with van der Waals surface area (Å²) in [6.07, 6.45) is 2.04. The molecule has 1 aliphatic rings. The molecule has 2 N–H and O–H groups in total. The summed E-state index contributed by atoms with van der Waals surface area (Å²) in [7, 11) is 0. The van der Waals surface area contributed by atoms with Crippen LogP contribution in [0.25, 0.3) is 0 Å². The van der Waals surface area contributed by atoms with Gasteiger partial charge >= 0.3 is 5.97 Å². The van der Waals surface area contributed by atoms with E-state index in [0.717, 1.165) is 43.6 Å². The van der Waals surface area contributed by atoms with Crippen LogP contribution in [0.4, 0.5) is 0 Å². The Kier molecular flexibility index (Phi) is 5.59. The number of carbonyl (C=O) groups is 1. The molecule has 1 heterocycles. The van der Waals surface area contributed by atoms with Crippen LogP contribution in [0, 0.1) is 6.92 Å². The standard InChI is InChI=1S/C16H23NO4/c1-12-2-3-15(18)13(10-12)11-17-7-4-14(5-8-17)21-9-6-16(19)20/h2-3,10,14,18H,4-9,11H2,1H3,(H,19,20). The summed E-state index contributed by atoms with van der Waals surface area (Å²) < 4.78 is 5.58. The number of piperidine rings is 1. The molecule has 1 aliphatic heterocycles. The van der Waals surface area contributed by atoms with Crippen molar-refractivity contribution in [1.82, 2.24) is 4.90 Å². The average Bonchev–Trinajstić information content (AvgIpc) is 2.44. The SMILES string of the molecule is Cc1ccc(O)c(CN2CCC(OCCC(=O)O)CC2)c1. The summed E-state index contributed by atoms with van der Waals surface area (Å²) in [5.41, 5.74) is 2.11. The van der Waals surface area contributed by atoms with E-state index in [1.54, 1.807) is 6.07 Å². The van der Waals surface area contributed by atoms with Gasteiger partial charge in [-0.2, -0.15) is 0 Å². The molecule has 0 radical (unpaired) electrons. The molecule has 0 bridgehead atoms. The molecule has 0 aliphatic carbocycles. The highest BCUT2D eigenvalue weighted by Crippen LogP contribution is 2.22. The molecule has 0 amide bonds. The van der Waals surface area contributed by atoms with Crippen LogP contribution in [-0.2, 0) is 16.1 Å². The Morgan fingerprint density at radius 2 is 2.10 bits per heavy atom. The fourth-order valence-corrected chi connectivity index (χ4v) is 2.63. The molecular weight excluding hydrogens is 270 g/mol. The highest BCUT2D eigenvalue weighted by atomic mass is 16.5. The largest absolute Gasteiger partial charge is 0.508 e. The van der Waals surface area contributed by atoms with Gasteiger partial charge in [-0.1, -0.05) is 17.7 Å². The fourth-order valence-electron chi connectivity index (χ4n) is 2.63. The number of ether oxygens (including phenoxy) is 1. The number of hydrogen-bond donors (Lipinski definition) is 2. The van der Waals surface area contributed by atoms with E-state index in [0.29, 0.717) is 12.4 Å². The Morgan fingerprint density at radius 3 is 2.76 bits per heavy atom. The quantitative estimate of drug-likeness (QED) is 0.841. The summed E-state index contributed by atoms with van der Waals surface area (Å²) >= 11 is 0. The van der Waals surface area contributed by atoms with Crippen LogP contribution in [0.3, 0.4) is 0 Å². The van der Waals surface area contributed by atoms with Gasteiger partial charge in [0.05, 0.1) is 19.1 Å². The first-order valence-corrected chi connectivity index (χ1v) is 7.39. The first-order chi connectivity index (χ1) is 10.0. The molecule has 0 unspecified atom stereocenters. The van der Waals surface area contributed by atoms with Gasteiger partial charge in [-0.3, -0.25) is 9.69 Å². The van der Waals surface area contributed by atoms with Gasteiger partial charge in [-0.15, -0.1) is 0 Å². The minimum Gasteiger partial charge on any atom is -0.508 e. The molecule has 0 aromatic heterocycles. The van der Waals surface area contributed by atoms with E-state index >= 15 is 0 Å². The second-order valence-electron chi connectivity index (χ2n) is 5.62. The van der Waals surface area contributed by atoms with Crippen LogP contribution in [0.5, 0.6) is 5.75 Å². The van der Waals surface area contributed by atoms with E-state index in [4.69, 9.17) is 9.84 Å². The molecule has 116 valence electrons. The summed E-state index contributed by atoms with van der Waals surface area (Å²) in [5, 5.41) is 18.5. The minimum atomic E-state index is -0.817. The van der Waals surface area contributed by atoms with Crippen LogP contribution < -0.4 is 0 Å². The van der Waals surface area contributed by atoms with E-state index in [1.807, 2.05) is 19.1 Å². The summed E-state index contributed by atoms with van der Waals surface area (Å²) in [5.74, 6) is -0.470. The van der Waals surface area contributed by atoms with Crippen molar-refractivity contribution in [3.05, 3.63) is 29.3 Å². The van der Waals surface area contributed by atoms with Crippen molar-refractivity contribution in [3.8, 4) is 5.75 Å². The van der Waals surface area contributed by atoms with Crippen LogP contribution >= 0.6 is 0 Å². The van der Waals surface area contributed by atoms with Gasteiger partial charge in [0.25, 0.3) is 0 Å². The van der Waals surface area contributed by atoms with Gasteiger partial charge in [-0.05, 0) is 25.8 Å². The highest BCUT2D eigenvalue weighted by Gasteiger charge is 2.20. The maximum absolute atomic E-state index is 10.4. The number of aliphatic carboxylic acids is 1. The summed E-state index contributed by atoms with van der Waals surface area (Å²) in [6.45, 7) is 4.87. The molecule has 0 spiro atoms. The normalized spacial score (nSPS) is 17.0. The first-order valence-electron chi connectivity index (χ1n) is 7.39. The van der Waals surface area contributed by atoms with Crippen molar-refractivity contribution in [2.24, 2.45) is 0 Å². The third-order valence-electron chi connectivity index (χ3n) is 3.83. The number of likely N-dealkylation sites (tertiary alicyclic amines) is 1. The molecule has 5 heteroatoms. The predicted octanol–water partition coefficient (Wildman–Crippen LogP) is 2.16. The van der Waals surface area contributed by atoms with Crippen molar-refractivity contribution < 1.29 is 19.7 Å². The topological polar surface area (TPSA) is 70.0 Å². The highest BCUT2D eigenvalue weighted by molar-refractivity contribution is 5.66. The zero-order valence-electron chi connectivity index (χ0n) is 12.4. The van der Waals surface area contributed by atoms with Gasteiger partial charge in [0.1, 0.15) is 5.75 Å². The Hall–Kier alpha value is -1.59. The molecule has 0 saturated carbocycles. The van der Waals surface area contributed by atoms with Gasteiger partial charge < -0.3 is 14.9 Å². The summed E-state index contributed by atoms with van der Waals surface area (Å²) in [6, 6.07) is 5.67. The van der Waals surface area contributed by atoms with Crippen molar-refractivity contribution in [1.29, 1.82) is 0 Å². The third kappa shape index (κ3) is 5.02. The Bertz CT molecular complexity index is 481. The number of phenols is 1. The molecule has 1 saturated heterocycles. The number of aryl methyl sites for hydroxylation is 1. The lowest BCUT2D eigenvalue weighted by Crippen LogP contribution is -2.36. The first kappa shape index (κ1) is 15.8. The van der Waals surface area contributed by atoms with Crippen LogP contribution in [0.1, 0.15) is 30.4 Å². The monoisotopic (exact) mass is 293 g/mol. The van der Waals surface area contributed by atoms with Crippen molar-refractivity contribution in [3.63, 3.8) is 0 Å². The zero-order valence-corrected chi connectivity index (χ0v) is 12.4. The lowest BCUT2D eigenvalue weighted by molar-refractivity contribution is -0.138. The smallest absolute Gasteiger partial charge is 0.305 e. The molecule has 1 fully saturated rings. The predicted molar refractivity (Wildman–Crippen MR) is 79.3 cm³/mol. The molecule has 1 aromatic rings. The van der Waals surface area contributed by atoms with E-state index < -0.39 is 5.97 Å². The molecule has 21 heavy (non-hydrogen) atoms. The van der Waals surface area contributed by atoms with Gasteiger partial charge in [0, 0.05) is 25.2 Å². The number of phenolic OH excluding ortho intramolecular Hbond substituents is 1. The summed E-state index contributed by atoms with van der Waals surface area (Å²) in [4.78, 5) is 12.7. The second kappa shape index (κ2) is 7.43. The van der Waals surface area contributed by atoms with E-state index in [1.165, 1.54) is 0 Å². The van der Waals surface area contributed by atoms with E-state index in [-0.39, 0.29) is 12.5 Å². The van der Waals surface area contributed by atoms with Crippen molar-refractivity contribution in [2.45, 2.75) is 38.8 Å². The van der Waals surface area contributed by atoms with Crippen LogP contribution in [0.15, 0.2) is 18.2 Å². The lowest BCUT2D eigenvalue weighted by Gasteiger charge is -2.32. The van der Waals surface area contributed by atoms with E-state index in [9.17, 15) is 9.90 Å². The van der Waals surface area contributed by atoms with Crippen molar-refractivity contribution >= 4 is 5.97 Å². The van der Waals surface area contributed by atoms with Gasteiger partial charge in [0.2, 0.25) is 0 Å². The fraction of sp³-hybridized carbons (Fsp3) is 0.562. The number of aromatic hydroxyl groups is 1. The zero-order chi connectivity index (χ0) is 15.2. The number of nitrogens with zero attached hydrogens (tertiary/aromatic N) is 1. The number of benzene rings is 1. The molecule has 2 rings (SSSR count). The van der Waals surface area contributed by atoms with Crippen molar-refractivity contribution in [2.75, 3.05) is 19.7 Å². The molecule has 5 nitrogen and oxygen atoms in total. The molecule has 0 atom stereocenters. The Labute approximate surface area is 125 Å². The number of rotatable bonds is 6. The average molecular weight is 293 g/mol. The minimum absolute atomic E-state index is 0.0668. The third-order valence-corrected chi connectivity index (χ3v) is 3.83. The maximum atomic E-state index is 10.4. The molecular formula is C16H23NO4. The molecule has 1 aromatic carbocycles. The Balaban J connectivity index is 1.76. The van der Waals surface area contributed by atoms with Crippen LogP contribution in [0.2, 0.25) is 0 Å². The van der Waals surface area contributed by atoms with E-state index in [2.05, 4.69) is 4.90 Å². The number of carboxylic acid groups (broad SMARTS) is 1. The lowest BCUT2D eigenvalue weighted by atomic mass is 10.1. The Morgan fingerprint density at radius 1 is 1.38 bits per heavy atom. The number of carboxylic acids is 1. The maximum Gasteiger partial charge on any atom is 0.305 e. The van der Waals surface area contributed by atoms with Crippen LogP contribution in [-0.4, -0.2) is 46.9 Å². The second-order valence-corrected chi connectivity index (χ2v) is 5.62.